The van der Waals surface area contributed by atoms with Crippen LogP contribution in [-0.4, -0.2) is 12.3 Å². The Kier molecular flexibility index (Phi) is 3.36. The Labute approximate surface area is 117 Å². The van der Waals surface area contributed by atoms with Gasteiger partial charge in [0.15, 0.2) is 0 Å². The quantitative estimate of drug-likeness (QED) is 0.930. The lowest BCUT2D eigenvalue weighted by Crippen LogP contribution is -2.18. The minimum Gasteiger partial charge on any atom is -0.325 e. The number of hydrogen-bond acceptors (Lipinski definition) is 4. The van der Waals surface area contributed by atoms with Gasteiger partial charge in [0.25, 0.3) is 0 Å². The van der Waals surface area contributed by atoms with Crippen LogP contribution in [0.4, 0.5) is 5.69 Å². The summed E-state index contributed by atoms with van der Waals surface area (Å²) in [6.45, 7) is 2.65. The maximum Gasteiger partial charge on any atom is 0.0920 e. The molecule has 1 aromatic carbocycles. The summed E-state index contributed by atoms with van der Waals surface area (Å²) in [6, 6.07) is 12.9. The average Bonchev–Trinajstić information content (AvgIpc) is 3.08. The Hall–Kier alpha value is -1.65. The van der Waals surface area contributed by atoms with Crippen molar-refractivity contribution < 1.29 is 0 Å². The van der Waals surface area contributed by atoms with Crippen molar-refractivity contribution in [2.75, 3.05) is 11.6 Å². The van der Waals surface area contributed by atoms with E-state index in [1.807, 2.05) is 0 Å². The number of nitrogens with two attached hydrogens (primary N) is 1. The topological polar surface area (TPSA) is 41.6 Å². The van der Waals surface area contributed by atoms with Crippen LogP contribution in [0.15, 0.2) is 46.9 Å². The maximum atomic E-state index is 5.77. The summed E-state index contributed by atoms with van der Waals surface area (Å²) in [4.78, 5) is 1.34. The predicted octanol–water partition coefficient (Wildman–Crippen LogP) is 3.32. The number of hydrazone groups is 1. The van der Waals surface area contributed by atoms with E-state index in [1.165, 1.54) is 16.1 Å². The van der Waals surface area contributed by atoms with Crippen LogP contribution < -0.4 is 10.7 Å². The van der Waals surface area contributed by atoms with Gasteiger partial charge in [0.1, 0.15) is 0 Å². The summed E-state index contributed by atoms with van der Waals surface area (Å²) in [6.07, 6.45) is 0.922. The molecule has 1 aliphatic rings. The summed E-state index contributed by atoms with van der Waals surface area (Å²) < 4.78 is 0. The second-order valence-corrected chi connectivity index (χ2v) is 5.72. The van der Waals surface area contributed by atoms with E-state index in [4.69, 9.17) is 10.8 Å². The molecule has 0 bridgehead atoms. The molecule has 2 heterocycles. The van der Waals surface area contributed by atoms with Gasteiger partial charge in [-0.1, -0.05) is 24.3 Å². The molecule has 98 valence electrons. The molecule has 0 amide bonds. The van der Waals surface area contributed by atoms with Crippen LogP contribution in [0.2, 0.25) is 0 Å². The van der Waals surface area contributed by atoms with Gasteiger partial charge in [-0.2, -0.15) is 5.10 Å². The van der Waals surface area contributed by atoms with E-state index in [-0.39, 0.29) is 0 Å². The first-order chi connectivity index (χ1) is 9.29. The third kappa shape index (κ3) is 2.29. The van der Waals surface area contributed by atoms with Crippen LogP contribution in [0.1, 0.15) is 22.9 Å². The van der Waals surface area contributed by atoms with Crippen LogP contribution in [-0.2, 0) is 0 Å². The molecule has 19 heavy (non-hydrogen) atoms. The number of para-hydroxylation sites is 1. The van der Waals surface area contributed by atoms with E-state index >= 15 is 0 Å². The predicted molar refractivity (Wildman–Crippen MR) is 81.8 cm³/mol. The number of anilines is 1. The first kappa shape index (κ1) is 12.4. The third-order valence-electron chi connectivity index (χ3n) is 3.44. The fourth-order valence-electron chi connectivity index (χ4n) is 2.44. The van der Waals surface area contributed by atoms with E-state index in [2.05, 4.69) is 53.7 Å². The van der Waals surface area contributed by atoms with Gasteiger partial charge in [0, 0.05) is 17.8 Å². The highest BCUT2D eigenvalue weighted by Crippen LogP contribution is 2.38. The molecule has 0 aliphatic carbocycles. The van der Waals surface area contributed by atoms with Crippen molar-refractivity contribution in [3.8, 4) is 0 Å². The van der Waals surface area contributed by atoms with Crippen molar-refractivity contribution in [1.82, 2.24) is 0 Å². The second kappa shape index (κ2) is 5.15. The van der Waals surface area contributed by atoms with Gasteiger partial charge < -0.3 is 5.73 Å². The van der Waals surface area contributed by atoms with Gasteiger partial charge in [-0.05, 0) is 30.0 Å². The van der Waals surface area contributed by atoms with Gasteiger partial charge in [-0.15, -0.1) is 11.3 Å². The number of benzene rings is 1. The molecule has 0 fully saturated rings. The minimum absolute atomic E-state index is 0.291. The first-order valence-corrected chi connectivity index (χ1v) is 7.32. The molecule has 1 aliphatic heterocycles. The molecule has 1 unspecified atom stereocenters. The number of aryl methyl sites for hydroxylation is 1. The van der Waals surface area contributed by atoms with Gasteiger partial charge in [-0.3, -0.25) is 5.01 Å². The monoisotopic (exact) mass is 271 g/mol. The van der Waals surface area contributed by atoms with E-state index < -0.39 is 0 Å². The van der Waals surface area contributed by atoms with E-state index in [9.17, 15) is 0 Å². The first-order valence-electron chi connectivity index (χ1n) is 6.44. The largest absolute Gasteiger partial charge is 0.325 e. The molecular weight excluding hydrogens is 254 g/mol. The molecule has 0 saturated heterocycles. The summed E-state index contributed by atoms with van der Waals surface area (Å²) in [7, 11) is 0. The van der Waals surface area contributed by atoms with Crippen LogP contribution in [0, 0.1) is 6.92 Å². The Balaban J connectivity index is 2.01. The number of nitrogens with zero attached hydrogens (tertiary/aromatic N) is 2. The summed E-state index contributed by atoms with van der Waals surface area (Å²) >= 11 is 1.78. The van der Waals surface area contributed by atoms with Gasteiger partial charge >= 0.3 is 0 Å². The Bertz CT molecular complexity index is 589. The SMILES string of the molecule is Cc1ccccc1N1N=C(CN)CC1c1cccs1. The molecule has 0 radical (unpaired) electrons. The lowest BCUT2D eigenvalue weighted by molar-refractivity contribution is 0.719. The van der Waals surface area contributed by atoms with Crippen molar-refractivity contribution in [3.63, 3.8) is 0 Å². The van der Waals surface area contributed by atoms with Crippen molar-refractivity contribution >= 4 is 22.7 Å². The highest BCUT2D eigenvalue weighted by molar-refractivity contribution is 7.10. The van der Waals surface area contributed by atoms with E-state index in [0.29, 0.717) is 12.6 Å². The average molecular weight is 271 g/mol. The molecule has 1 atom stereocenters. The molecular formula is C15H17N3S. The highest BCUT2D eigenvalue weighted by atomic mass is 32.1. The van der Waals surface area contributed by atoms with Crippen molar-refractivity contribution in [3.05, 3.63) is 52.2 Å². The highest BCUT2D eigenvalue weighted by Gasteiger charge is 2.29. The number of rotatable bonds is 3. The Morgan fingerprint density at radius 1 is 1.32 bits per heavy atom. The Morgan fingerprint density at radius 3 is 2.84 bits per heavy atom. The smallest absolute Gasteiger partial charge is 0.0920 e. The molecule has 0 saturated carbocycles. The fraction of sp³-hybridized carbons (Fsp3) is 0.267. The molecule has 0 spiro atoms. The van der Waals surface area contributed by atoms with Gasteiger partial charge in [-0.25, -0.2) is 0 Å². The van der Waals surface area contributed by atoms with Gasteiger partial charge in [0.05, 0.1) is 17.4 Å². The fourth-order valence-corrected chi connectivity index (χ4v) is 3.25. The summed E-state index contributed by atoms with van der Waals surface area (Å²) in [5, 5.41) is 8.95. The van der Waals surface area contributed by atoms with Crippen LogP contribution in [0.3, 0.4) is 0 Å². The second-order valence-electron chi connectivity index (χ2n) is 4.74. The Morgan fingerprint density at radius 2 is 2.16 bits per heavy atom. The van der Waals surface area contributed by atoms with Gasteiger partial charge in [0.2, 0.25) is 0 Å². The molecule has 3 rings (SSSR count). The lowest BCUT2D eigenvalue weighted by Gasteiger charge is -2.24. The zero-order chi connectivity index (χ0) is 13.2. The minimum atomic E-state index is 0.291. The van der Waals surface area contributed by atoms with Crippen LogP contribution >= 0.6 is 11.3 Å². The summed E-state index contributed by atoms with van der Waals surface area (Å²) in [5.41, 5.74) is 9.26. The molecule has 4 heteroatoms. The van der Waals surface area contributed by atoms with Crippen LogP contribution in [0.25, 0.3) is 0 Å². The summed E-state index contributed by atoms with van der Waals surface area (Å²) in [5.74, 6) is 0. The van der Waals surface area contributed by atoms with E-state index in [0.717, 1.165) is 12.1 Å². The normalized spacial score (nSPS) is 18.7. The zero-order valence-electron chi connectivity index (χ0n) is 10.9. The molecule has 3 nitrogen and oxygen atoms in total. The molecule has 2 aromatic rings. The maximum absolute atomic E-state index is 5.77. The molecule has 1 aromatic heterocycles. The molecule has 2 N–H and O–H groups in total. The van der Waals surface area contributed by atoms with E-state index in [1.54, 1.807) is 11.3 Å². The number of thiophene rings is 1. The van der Waals surface area contributed by atoms with Crippen LogP contribution in [0.5, 0.6) is 0 Å². The third-order valence-corrected chi connectivity index (χ3v) is 4.42. The standard InChI is InChI=1S/C15H17N3S/c1-11-5-2-3-6-13(11)18-14(9-12(10-16)17-18)15-7-4-8-19-15/h2-8,14H,9-10,16H2,1H3. The number of hydrogen-bond donors (Lipinski definition) is 1. The van der Waals surface area contributed by atoms with Crippen molar-refractivity contribution in [2.24, 2.45) is 10.8 Å². The zero-order valence-corrected chi connectivity index (χ0v) is 11.7. The lowest BCUT2D eigenvalue weighted by atomic mass is 10.1. The van der Waals surface area contributed by atoms with Crippen molar-refractivity contribution in [1.29, 1.82) is 0 Å². The van der Waals surface area contributed by atoms with Crippen molar-refractivity contribution in [2.45, 2.75) is 19.4 Å².